The number of aromatic nitrogens is 4. The zero-order valence-electron chi connectivity index (χ0n) is 14.1. The van der Waals surface area contributed by atoms with Gasteiger partial charge in [0.25, 0.3) is 0 Å². The third-order valence-corrected chi connectivity index (χ3v) is 4.27. The normalized spacial score (nSPS) is 11.7. The van der Waals surface area contributed by atoms with E-state index in [4.69, 9.17) is 0 Å². The lowest BCUT2D eigenvalue weighted by molar-refractivity contribution is -0.138. The first-order chi connectivity index (χ1) is 13.0. The van der Waals surface area contributed by atoms with Crippen molar-refractivity contribution in [2.24, 2.45) is 0 Å². The van der Waals surface area contributed by atoms with Crippen molar-refractivity contribution in [2.45, 2.75) is 12.7 Å². The summed E-state index contributed by atoms with van der Waals surface area (Å²) in [6.45, 7) is 0.0333. The number of alkyl halides is 3. The second-order valence-corrected chi connectivity index (χ2v) is 6.03. The Morgan fingerprint density at radius 3 is 2.37 bits per heavy atom. The lowest BCUT2D eigenvalue weighted by Gasteiger charge is -2.14. The zero-order valence-corrected chi connectivity index (χ0v) is 14.1. The fourth-order valence-corrected chi connectivity index (χ4v) is 3.07. The van der Waals surface area contributed by atoms with E-state index < -0.39 is 11.7 Å². The minimum atomic E-state index is -4.41. The van der Waals surface area contributed by atoms with Crippen LogP contribution in [0.5, 0.6) is 0 Å². The molecule has 2 aromatic carbocycles. The van der Waals surface area contributed by atoms with Gasteiger partial charge in [-0.2, -0.15) is 13.2 Å². The highest BCUT2D eigenvalue weighted by molar-refractivity contribution is 5.75. The number of hydrogen-bond acceptors (Lipinski definition) is 2. The molecule has 4 nitrogen and oxygen atoms in total. The Hall–Kier alpha value is -3.35. The predicted molar refractivity (Wildman–Crippen MR) is 95.8 cm³/mol. The van der Waals surface area contributed by atoms with E-state index in [0.29, 0.717) is 17.2 Å². The van der Waals surface area contributed by atoms with E-state index in [2.05, 4.69) is 15.0 Å². The molecule has 0 saturated carbocycles. The fourth-order valence-electron chi connectivity index (χ4n) is 3.07. The number of halogens is 3. The van der Waals surface area contributed by atoms with Crippen LogP contribution in [0.4, 0.5) is 13.2 Å². The number of aromatic amines is 1. The molecule has 0 aliphatic carbocycles. The van der Waals surface area contributed by atoms with Crippen LogP contribution >= 0.6 is 0 Å². The van der Waals surface area contributed by atoms with Crippen LogP contribution < -0.4 is 0 Å². The van der Waals surface area contributed by atoms with Crippen molar-refractivity contribution in [1.29, 1.82) is 0 Å². The molecule has 0 bridgehead atoms. The monoisotopic (exact) mass is 368 g/mol. The van der Waals surface area contributed by atoms with Crippen molar-refractivity contribution in [2.75, 3.05) is 0 Å². The van der Waals surface area contributed by atoms with Gasteiger partial charge in [-0.15, -0.1) is 0 Å². The number of imidazole rings is 2. The molecule has 0 fully saturated rings. The summed E-state index contributed by atoms with van der Waals surface area (Å²) in [5.74, 6) is 0.552. The van der Waals surface area contributed by atoms with Crippen LogP contribution in [-0.2, 0) is 12.7 Å². The Kier molecular flexibility index (Phi) is 4.27. The fraction of sp³-hybridized carbons (Fsp3) is 0.100. The average Bonchev–Trinajstić information content (AvgIpc) is 3.31. The first kappa shape index (κ1) is 17.1. The molecule has 0 aliphatic heterocycles. The van der Waals surface area contributed by atoms with E-state index in [1.165, 1.54) is 12.1 Å². The highest BCUT2D eigenvalue weighted by Crippen LogP contribution is 2.34. The van der Waals surface area contributed by atoms with Crippen molar-refractivity contribution < 1.29 is 13.2 Å². The van der Waals surface area contributed by atoms with Crippen molar-refractivity contribution in [3.63, 3.8) is 0 Å². The van der Waals surface area contributed by atoms with Crippen LogP contribution in [0, 0.1) is 0 Å². The molecule has 27 heavy (non-hydrogen) atoms. The minimum Gasteiger partial charge on any atom is -0.343 e. The summed E-state index contributed by atoms with van der Waals surface area (Å²) in [6, 6.07) is 15.1. The van der Waals surface area contributed by atoms with Gasteiger partial charge in [0.1, 0.15) is 5.69 Å². The van der Waals surface area contributed by atoms with Crippen molar-refractivity contribution in [3.05, 3.63) is 84.4 Å². The van der Waals surface area contributed by atoms with Gasteiger partial charge >= 0.3 is 6.18 Å². The Bertz CT molecular complexity index is 1030. The van der Waals surface area contributed by atoms with E-state index in [1.807, 2.05) is 30.3 Å². The molecule has 4 aromatic rings. The van der Waals surface area contributed by atoms with Crippen molar-refractivity contribution in [1.82, 2.24) is 19.5 Å². The van der Waals surface area contributed by atoms with E-state index in [0.717, 1.165) is 11.6 Å². The zero-order chi connectivity index (χ0) is 18.9. The van der Waals surface area contributed by atoms with Gasteiger partial charge in [0, 0.05) is 24.5 Å². The molecule has 0 radical (unpaired) electrons. The molecule has 0 unspecified atom stereocenters. The number of nitrogens with zero attached hydrogens (tertiary/aromatic N) is 3. The van der Waals surface area contributed by atoms with Crippen LogP contribution in [-0.4, -0.2) is 19.5 Å². The molecular weight excluding hydrogens is 353 g/mol. The van der Waals surface area contributed by atoms with Crippen LogP contribution in [0.2, 0.25) is 0 Å². The lowest BCUT2D eigenvalue weighted by Crippen LogP contribution is -2.12. The van der Waals surface area contributed by atoms with Gasteiger partial charge in [0.2, 0.25) is 0 Å². The Morgan fingerprint density at radius 1 is 0.926 bits per heavy atom. The molecule has 0 aliphatic rings. The number of hydrogen-bond donors (Lipinski definition) is 1. The molecule has 0 atom stereocenters. The molecule has 0 spiro atoms. The van der Waals surface area contributed by atoms with Gasteiger partial charge in [-0.05, 0) is 11.6 Å². The highest BCUT2D eigenvalue weighted by Gasteiger charge is 2.33. The quantitative estimate of drug-likeness (QED) is 0.551. The maximum atomic E-state index is 13.4. The van der Waals surface area contributed by atoms with E-state index in [1.54, 1.807) is 29.4 Å². The smallest absolute Gasteiger partial charge is 0.343 e. The van der Waals surface area contributed by atoms with Gasteiger partial charge in [0.15, 0.2) is 5.82 Å². The second-order valence-electron chi connectivity index (χ2n) is 6.03. The largest absolute Gasteiger partial charge is 0.416 e. The Morgan fingerprint density at radius 2 is 1.67 bits per heavy atom. The molecule has 136 valence electrons. The van der Waals surface area contributed by atoms with Crippen LogP contribution in [0.25, 0.3) is 22.8 Å². The van der Waals surface area contributed by atoms with Gasteiger partial charge in [-0.3, -0.25) is 0 Å². The molecule has 7 heteroatoms. The summed E-state index contributed by atoms with van der Waals surface area (Å²) in [6.07, 6.45) is 0.411. The number of nitrogens with one attached hydrogen (secondary N) is 1. The summed E-state index contributed by atoms with van der Waals surface area (Å²) < 4.78 is 41.7. The topological polar surface area (TPSA) is 46.5 Å². The first-order valence-corrected chi connectivity index (χ1v) is 8.29. The SMILES string of the molecule is FC(F)(F)c1ccccc1Cn1cnc(-c2ccccc2)c1-c1ncc[nH]1. The van der Waals surface area contributed by atoms with Crippen LogP contribution in [0.3, 0.4) is 0 Å². The second kappa shape index (κ2) is 6.75. The highest BCUT2D eigenvalue weighted by atomic mass is 19.4. The molecule has 0 amide bonds. The molecular formula is C20H15F3N4. The lowest BCUT2D eigenvalue weighted by atomic mass is 10.1. The van der Waals surface area contributed by atoms with Gasteiger partial charge in [0.05, 0.1) is 17.6 Å². The summed E-state index contributed by atoms with van der Waals surface area (Å²) in [7, 11) is 0. The number of rotatable bonds is 4. The first-order valence-electron chi connectivity index (χ1n) is 8.29. The third-order valence-electron chi connectivity index (χ3n) is 4.27. The van der Waals surface area contributed by atoms with Crippen molar-refractivity contribution >= 4 is 0 Å². The van der Waals surface area contributed by atoms with Gasteiger partial charge in [-0.1, -0.05) is 48.5 Å². The van der Waals surface area contributed by atoms with Gasteiger partial charge in [-0.25, -0.2) is 9.97 Å². The summed E-state index contributed by atoms with van der Waals surface area (Å²) in [5.41, 5.74) is 1.70. The molecule has 0 saturated heterocycles. The van der Waals surface area contributed by atoms with E-state index in [-0.39, 0.29) is 12.1 Å². The molecule has 4 rings (SSSR count). The van der Waals surface area contributed by atoms with Crippen LogP contribution in [0.15, 0.2) is 73.3 Å². The standard InChI is InChI=1S/C20H15F3N4/c21-20(22,23)16-9-5-4-8-15(16)12-27-13-26-17(14-6-2-1-3-7-14)18(27)19-24-10-11-25-19/h1-11,13H,12H2,(H,24,25). The third kappa shape index (κ3) is 3.36. The Balaban J connectivity index is 1.83. The predicted octanol–water partition coefficient (Wildman–Crippen LogP) is 5.01. The Labute approximate surface area is 153 Å². The maximum Gasteiger partial charge on any atom is 0.416 e. The number of H-pyrrole nitrogens is 1. The summed E-state index contributed by atoms with van der Waals surface area (Å²) >= 11 is 0. The van der Waals surface area contributed by atoms with Gasteiger partial charge < -0.3 is 9.55 Å². The average molecular weight is 368 g/mol. The summed E-state index contributed by atoms with van der Waals surface area (Å²) in [5, 5.41) is 0. The minimum absolute atomic E-state index is 0.0333. The molecule has 2 aromatic heterocycles. The summed E-state index contributed by atoms with van der Waals surface area (Å²) in [4.78, 5) is 11.8. The van der Waals surface area contributed by atoms with Crippen LogP contribution in [0.1, 0.15) is 11.1 Å². The van der Waals surface area contributed by atoms with Crippen molar-refractivity contribution in [3.8, 4) is 22.8 Å². The van der Waals surface area contributed by atoms with E-state index in [9.17, 15) is 13.2 Å². The van der Waals surface area contributed by atoms with E-state index >= 15 is 0 Å². The molecule has 2 heterocycles. The number of benzene rings is 2. The maximum absolute atomic E-state index is 13.4. The molecule has 1 N–H and O–H groups in total.